The minimum atomic E-state index is 0.224. The van der Waals surface area contributed by atoms with Crippen molar-refractivity contribution >= 4 is 0 Å². The lowest BCUT2D eigenvalue weighted by molar-refractivity contribution is 0.454. The molecule has 0 bridgehead atoms. The van der Waals surface area contributed by atoms with E-state index in [9.17, 15) is 5.11 Å². The molecular weight excluding hydrogens is 236 g/mol. The highest BCUT2D eigenvalue weighted by atomic mass is 16.3. The topological polar surface area (TPSA) is 45.2 Å². The molecule has 3 heteroatoms. The van der Waals surface area contributed by atoms with Gasteiger partial charge in [-0.3, -0.25) is 4.98 Å². The highest BCUT2D eigenvalue weighted by molar-refractivity contribution is 5.28. The van der Waals surface area contributed by atoms with Crippen LogP contribution in [-0.4, -0.2) is 10.1 Å². The molecule has 2 N–H and O–H groups in total. The minimum Gasteiger partial charge on any atom is -0.506 e. The molecule has 0 unspecified atom stereocenters. The Morgan fingerprint density at radius 3 is 2.47 bits per heavy atom. The first-order valence-electron chi connectivity index (χ1n) is 6.51. The Bertz CT molecular complexity index is 549. The summed E-state index contributed by atoms with van der Waals surface area (Å²) in [5, 5.41) is 13.1. The normalized spacial score (nSPS) is 12.4. The van der Waals surface area contributed by atoms with Crippen molar-refractivity contribution in [2.75, 3.05) is 0 Å². The second-order valence-corrected chi connectivity index (χ2v) is 4.93. The molecule has 3 nitrogen and oxygen atoms in total. The first kappa shape index (κ1) is 13.6. The molecule has 0 aliphatic carbocycles. The molecule has 1 atom stereocenters. The van der Waals surface area contributed by atoms with Gasteiger partial charge in [-0.1, -0.05) is 29.8 Å². The predicted molar refractivity (Wildman–Crippen MR) is 77.1 cm³/mol. The fraction of sp³-hybridized carbons (Fsp3) is 0.312. The van der Waals surface area contributed by atoms with E-state index in [0.717, 1.165) is 5.69 Å². The SMILES string of the molecule is Cc1ccc([C@@H](C)NCc2nc(C)ccc2O)cc1. The highest BCUT2D eigenvalue weighted by Gasteiger charge is 2.07. The van der Waals surface area contributed by atoms with E-state index in [1.165, 1.54) is 11.1 Å². The van der Waals surface area contributed by atoms with Crippen LogP contribution >= 0.6 is 0 Å². The van der Waals surface area contributed by atoms with Crippen LogP contribution in [0.4, 0.5) is 0 Å². The van der Waals surface area contributed by atoms with Gasteiger partial charge in [0.1, 0.15) is 5.75 Å². The molecule has 0 saturated heterocycles. The van der Waals surface area contributed by atoms with Crippen LogP contribution in [0.3, 0.4) is 0 Å². The molecule has 2 rings (SSSR count). The number of hydrogen-bond acceptors (Lipinski definition) is 3. The van der Waals surface area contributed by atoms with Gasteiger partial charge in [0.05, 0.1) is 5.69 Å². The van der Waals surface area contributed by atoms with E-state index in [4.69, 9.17) is 0 Å². The Labute approximate surface area is 114 Å². The number of aryl methyl sites for hydroxylation is 2. The van der Waals surface area contributed by atoms with Gasteiger partial charge >= 0.3 is 0 Å². The van der Waals surface area contributed by atoms with Crippen molar-refractivity contribution in [3.05, 3.63) is 58.9 Å². The Morgan fingerprint density at radius 1 is 1.11 bits per heavy atom. The summed E-state index contributed by atoms with van der Waals surface area (Å²) in [6.45, 7) is 6.67. The third kappa shape index (κ3) is 3.55. The number of nitrogens with one attached hydrogen (secondary N) is 1. The van der Waals surface area contributed by atoms with Crippen LogP contribution < -0.4 is 5.32 Å². The first-order valence-corrected chi connectivity index (χ1v) is 6.51. The average molecular weight is 256 g/mol. The zero-order chi connectivity index (χ0) is 13.8. The standard InChI is InChI=1S/C16H20N2O/c1-11-4-7-14(8-5-11)13(3)17-10-15-16(19)9-6-12(2)18-15/h4-9,13,17,19H,10H2,1-3H3/t13-/m1/s1. The molecular formula is C16H20N2O. The number of aromatic nitrogens is 1. The van der Waals surface area contributed by atoms with E-state index in [0.29, 0.717) is 12.2 Å². The maximum Gasteiger partial charge on any atom is 0.138 e. The quantitative estimate of drug-likeness (QED) is 0.882. The molecule has 2 aromatic rings. The highest BCUT2D eigenvalue weighted by Crippen LogP contribution is 2.17. The lowest BCUT2D eigenvalue weighted by Gasteiger charge is -2.15. The Hall–Kier alpha value is -1.87. The van der Waals surface area contributed by atoms with Gasteiger partial charge in [-0.2, -0.15) is 0 Å². The van der Waals surface area contributed by atoms with E-state index in [1.54, 1.807) is 6.07 Å². The molecule has 1 heterocycles. The van der Waals surface area contributed by atoms with Gasteiger partial charge in [-0.25, -0.2) is 0 Å². The summed E-state index contributed by atoms with van der Waals surface area (Å²) in [5.74, 6) is 0.245. The number of rotatable bonds is 4. The summed E-state index contributed by atoms with van der Waals surface area (Å²) in [5.41, 5.74) is 4.10. The number of nitrogens with zero attached hydrogens (tertiary/aromatic N) is 1. The van der Waals surface area contributed by atoms with E-state index in [2.05, 4.69) is 48.4 Å². The Morgan fingerprint density at radius 2 is 1.79 bits per heavy atom. The average Bonchev–Trinajstić information content (AvgIpc) is 2.40. The van der Waals surface area contributed by atoms with Crippen molar-refractivity contribution in [1.29, 1.82) is 0 Å². The van der Waals surface area contributed by atoms with Crippen LogP contribution in [0, 0.1) is 13.8 Å². The molecule has 0 saturated carbocycles. The number of benzene rings is 1. The number of aromatic hydroxyl groups is 1. The van der Waals surface area contributed by atoms with Crippen molar-refractivity contribution in [3.63, 3.8) is 0 Å². The summed E-state index contributed by atoms with van der Waals surface area (Å²) in [6, 6.07) is 12.2. The zero-order valence-corrected chi connectivity index (χ0v) is 11.6. The molecule has 1 aromatic carbocycles. The van der Waals surface area contributed by atoms with Gasteiger partial charge in [0.15, 0.2) is 0 Å². The van der Waals surface area contributed by atoms with Crippen LogP contribution in [-0.2, 0) is 6.54 Å². The molecule has 0 aliphatic rings. The van der Waals surface area contributed by atoms with Crippen molar-refractivity contribution in [2.24, 2.45) is 0 Å². The van der Waals surface area contributed by atoms with Gasteiger partial charge < -0.3 is 10.4 Å². The lowest BCUT2D eigenvalue weighted by atomic mass is 10.1. The van der Waals surface area contributed by atoms with Crippen molar-refractivity contribution in [2.45, 2.75) is 33.4 Å². The summed E-state index contributed by atoms with van der Waals surface area (Å²) in [7, 11) is 0. The molecule has 0 spiro atoms. The van der Waals surface area contributed by atoms with E-state index in [-0.39, 0.29) is 11.8 Å². The fourth-order valence-corrected chi connectivity index (χ4v) is 1.96. The van der Waals surface area contributed by atoms with Crippen molar-refractivity contribution in [1.82, 2.24) is 10.3 Å². The molecule has 0 radical (unpaired) electrons. The second kappa shape index (κ2) is 5.85. The third-order valence-corrected chi connectivity index (χ3v) is 3.24. The fourth-order valence-electron chi connectivity index (χ4n) is 1.96. The molecule has 0 amide bonds. The van der Waals surface area contributed by atoms with Gasteiger partial charge in [0, 0.05) is 18.3 Å². The third-order valence-electron chi connectivity index (χ3n) is 3.24. The number of pyridine rings is 1. The van der Waals surface area contributed by atoms with Crippen LogP contribution in [0.1, 0.15) is 35.5 Å². The van der Waals surface area contributed by atoms with Crippen LogP contribution in [0.25, 0.3) is 0 Å². The molecule has 100 valence electrons. The largest absolute Gasteiger partial charge is 0.506 e. The van der Waals surface area contributed by atoms with E-state index in [1.807, 2.05) is 13.0 Å². The van der Waals surface area contributed by atoms with Gasteiger partial charge in [-0.05, 0) is 38.5 Å². The summed E-state index contributed by atoms with van der Waals surface area (Å²) >= 11 is 0. The Balaban J connectivity index is 2.02. The predicted octanol–water partition coefficient (Wildman–Crippen LogP) is 3.25. The van der Waals surface area contributed by atoms with Crippen LogP contribution in [0.15, 0.2) is 36.4 Å². The molecule has 19 heavy (non-hydrogen) atoms. The smallest absolute Gasteiger partial charge is 0.138 e. The van der Waals surface area contributed by atoms with Gasteiger partial charge in [0.2, 0.25) is 0 Å². The molecule has 0 aliphatic heterocycles. The zero-order valence-electron chi connectivity index (χ0n) is 11.6. The number of hydrogen-bond donors (Lipinski definition) is 2. The van der Waals surface area contributed by atoms with Gasteiger partial charge in [-0.15, -0.1) is 0 Å². The van der Waals surface area contributed by atoms with E-state index >= 15 is 0 Å². The van der Waals surface area contributed by atoms with Crippen LogP contribution in [0.5, 0.6) is 5.75 Å². The van der Waals surface area contributed by atoms with Crippen molar-refractivity contribution < 1.29 is 5.11 Å². The maximum absolute atomic E-state index is 9.75. The summed E-state index contributed by atoms with van der Waals surface area (Å²) in [6.07, 6.45) is 0. The molecule has 1 aromatic heterocycles. The lowest BCUT2D eigenvalue weighted by Crippen LogP contribution is -2.19. The van der Waals surface area contributed by atoms with Crippen molar-refractivity contribution in [3.8, 4) is 5.75 Å². The summed E-state index contributed by atoms with van der Waals surface area (Å²) in [4.78, 5) is 4.34. The maximum atomic E-state index is 9.75. The first-order chi connectivity index (χ1) is 9.06. The minimum absolute atomic E-state index is 0.224. The van der Waals surface area contributed by atoms with E-state index < -0.39 is 0 Å². The summed E-state index contributed by atoms with van der Waals surface area (Å²) < 4.78 is 0. The van der Waals surface area contributed by atoms with Crippen LogP contribution in [0.2, 0.25) is 0 Å². The van der Waals surface area contributed by atoms with Gasteiger partial charge in [0.25, 0.3) is 0 Å². The monoisotopic (exact) mass is 256 g/mol. The second-order valence-electron chi connectivity index (χ2n) is 4.93. The Kier molecular flexibility index (Phi) is 4.17. The molecule has 0 fully saturated rings.